The summed E-state index contributed by atoms with van der Waals surface area (Å²) < 4.78 is 24.3. The Hall–Kier alpha value is -4.20. The number of hydrogen-bond acceptors (Lipinski definition) is 8. The maximum Gasteiger partial charge on any atom is 0.262 e. The van der Waals surface area contributed by atoms with Gasteiger partial charge in [0.2, 0.25) is 21.8 Å². The molecule has 2 heterocycles. The number of sulfonamides is 1. The molecule has 0 bridgehead atoms. The van der Waals surface area contributed by atoms with Crippen molar-refractivity contribution in [2.24, 2.45) is 5.14 Å². The Morgan fingerprint density at radius 2 is 1.59 bits per heavy atom. The van der Waals surface area contributed by atoms with Gasteiger partial charge in [0.1, 0.15) is 0 Å². The fraction of sp³-hybridized carbons (Fsp3) is 0.290. The molecule has 13 heteroatoms. The van der Waals surface area contributed by atoms with Crippen molar-refractivity contribution < 1.29 is 18.0 Å². The number of aromatic nitrogens is 2. The number of rotatable bonds is 11. The molecule has 3 N–H and O–H groups in total. The Morgan fingerprint density at radius 3 is 2.30 bits per heavy atom. The first-order chi connectivity index (χ1) is 21.2. The quantitative estimate of drug-likeness (QED) is 0.189. The lowest BCUT2D eigenvalue weighted by Gasteiger charge is -2.36. The summed E-state index contributed by atoms with van der Waals surface area (Å²) in [7, 11) is -3.76. The highest BCUT2D eigenvalue weighted by atomic mass is 32.2. The summed E-state index contributed by atoms with van der Waals surface area (Å²) in [6.45, 7) is 3.20. The number of anilines is 1. The van der Waals surface area contributed by atoms with Gasteiger partial charge in [0.25, 0.3) is 5.56 Å². The number of carbonyl (C=O) groups excluding carboxylic acids is 2. The third kappa shape index (κ3) is 7.84. The van der Waals surface area contributed by atoms with Gasteiger partial charge in [-0.05, 0) is 48.4 Å². The standard InChI is InChI=1S/C31H34N6O5S2/c32-44(41,42)25-12-10-23(11-13-25)14-16-33-28(38)22-43-31-34-27-9-5-4-8-26(27)30(40)37(31)17-15-29(39)36-20-18-35(19-21-36)24-6-2-1-3-7-24/h1-13H,14-22H2,(H,33,38)(H2,32,41,42). The largest absolute Gasteiger partial charge is 0.368 e. The van der Waals surface area contributed by atoms with E-state index in [4.69, 9.17) is 5.14 Å². The van der Waals surface area contributed by atoms with Crippen LogP contribution >= 0.6 is 11.8 Å². The van der Waals surface area contributed by atoms with Crippen LogP contribution in [0.3, 0.4) is 0 Å². The number of piperazine rings is 1. The SMILES string of the molecule is NS(=O)(=O)c1ccc(CCNC(=O)CSc2nc3ccccc3c(=O)n2CCC(=O)N2CCN(c3ccccc3)CC2)cc1. The summed E-state index contributed by atoms with van der Waals surface area (Å²) in [6, 6.07) is 23.3. The second-order valence-corrected chi connectivity index (χ2v) is 12.9. The third-order valence-electron chi connectivity index (χ3n) is 7.45. The fourth-order valence-electron chi connectivity index (χ4n) is 5.05. The van der Waals surface area contributed by atoms with Gasteiger partial charge in [0.15, 0.2) is 5.16 Å². The van der Waals surface area contributed by atoms with Crippen LogP contribution in [0.5, 0.6) is 0 Å². The highest BCUT2D eigenvalue weighted by Crippen LogP contribution is 2.19. The highest BCUT2D eigenvalue weighted by molar-refractivity contribution is 7.99. The van der Waals surface area contributed by atoms with Gasteiger partial charge in [-0.25, -0.2) is 18.5 Å². The first-order valence-electron chi connectivity index (χ1n) is 14.3. The van der Waals surface area contributed by atoms with E-state index in [1.807, 2.05) is 23.1 Å². The number of nitrogens with zero attached hydrogens (tertiary/aromatic N) is 4. The zero-order valence-corrected chi connectivity index (χ0v) is 25.7. The smallest absolute Gasteiger partial charge is 0.262 e. The Morgan fingerprint density at radius 1 is 0.909 bits per heavy atom. The van der Waals surface area contributed by atoms with Gasteiger partial charge >= 0.3 is 0 Å². The molecule has 11 nitrogen and oxygen atoms in total. The van der Waals surface area contributed by atoms with Crippen LogP contribution in [0.1, 0.15) is 12.0 Å². The monoisotopic (exact) mass is 634 g/mol. The van der Waals surface area contributed by atoms with Gasteiger partial charge in [-0.3, -0.25) is 19.0 Å². The van der Waals surface area contributed by atoms with Crippen molar-refractivity contribution in [3.63, 3.8) is 0 Å². The van der Waals surface area contributed by atoms with Gasteiger partial charge in [-0.2, -0.15) is 0 Å². The Balaban J connectivity index is 1.18. The molecule has 0 aliphatic carbocycles. The molecule has 1 aromatic heterocycles. The number of nitrogens with two attached hydrogens (primary N) is 1. The summed E-state index contributed by atoms with van der Waals surface area (Å²) in [5, 5.41) is 8.81. The lowest BCUT2D eigenvalue weighted by atomic mass is 10.1. The molecule has 1 saturated heterocycles. The Labute approximate surface area is 260 Å². The molecule has 1 aliphatic rings. The first-order valence-corrected chi connectivity index (χ1v) is 16.8. The van der Waals surface area contributed by atoms with Crippen LogP contribution in [-0.4, -0.2) is 73.2 Å². The zero-order chi connectivity index (χ0) is 31.1. The van der Waals surface area contributed by atoms with Gasteiger partial charge in [-0.15, -0.1) is 0 Å². The molecule has 2 amide bonds. The van der Waals surface area contributed by atoms with E-state index in [0.717, 1.165) is 36.1 Å². The van der Waals surface area contributed by atoms with Crippen LogP contribution in [0.4, 0.5) is 5.69 Å². The minimum Gasteiger partial charge on any atom is -0.368 e. The summed E-state index contributed by atoms with van der Waals surface area (Å²) in [5.74, 6) is -0.231. The van der Waals surface area contributed by atoms with Gasteiger partial charge in [-0.1, -0.05) is 54.2 Å². The number of thioether (sulfide) groups is 1. The molecule has 0 unspecified atom stereocenters. The van der Waals surface area contributed by atoms with Crippen molar-refractivity contribution in [2.75, 3.05) is 43.4 Å². The molecule has 0 saturated carbocycles. The van der Waals surface area contributed by atoms with E-state index in [2.05, 4.69) is 27.3 Å². The van der Waals surface area contributed by atoms with Crippen molar-refractivity contribution >= 4 is 50.2 Å². The number of hydrogen-bond donors (Lipinski definition) is 2. The molecule has 44 heavy (non-hydrogen) atoms. The van der Waals surface area contributed by atoms with E-state index in [-0.39, 0.29) is 41.0 Å². The average molecular weight is 635 g/mol. The number of benzene rings is 3. The van der Waals surface area contributed by atoms with Crippen LogP contribution in [0.15, 0.2) is 93.7 Å². The summed E-state index contributed by atoms with van der Waals surface area (Å²) in [6.07, 6.45) is 0.650. The molecular formula is C31H34N6O5S2. The van der Waals surface area contributed by atoms with Crippen molar-refractivity contribution in [1.29, 1.82) is 0 Å². The Bertz CT molecular complexity index is 1790. The molecular weight excluding hydrogens is 601 g/mol. The minimum atomic E-state index is -3.76. The number of carbonyl (C=O) groups is 2. The Kier molecular flexibility index (Phi) is 9.98. The number of para-hydroxylation sites is 2. The number of fused-ring (bicyclic) bond motifs is 1. The average Bonchev–Trinajstić information content (AvgIpc) is 3.03. The van der Waals surface area contributed by atoms with Crippen LogP contribution < -0.4 is 20.9 Å². The van der Waals surface area contributed by atoms with E-state index in [0.29, 0.717) is 42.1 Å². The van der Waals surface area contributed by atoms with Crippen LogP contribution in [0.2, 0.25) is 0 Å². The molecule has 0 atom stereocenters. The van der Waals surface area contributed by atoms with E-state index < -0.39 is 10.0 Å². The van der Waals surface area contributed by atoms with E-state index >= 15 is 0 Å². The topological polar surface area (TPSA) is 148 Å². The van der Waals surface area contributed by atoms with Crippen LogP contribution in [0, 0.1) is 0 Å². The fourth-order valence-corrected chi connectivity index (χ4v) is 6.42. The van der Waals surface area contributed by atoms with Crippen molar-refractivity contribution in [3.05, 3.63) is 94.8 Å². The molecule has 230 valence electrons. The van der Waals surface area contributed by atoms with Crippen LogP contribution in [0.25, 0.3) is 10.9 Å². The number of nitrogens with one attached hydrogen (secondary N) is 1. The van der Waals surface area contributed by atoms with Crippen LogP contribution in [-0.2, 0) is 32.6 Å². The molecule has 0 radical (unpaired) electrons. The maximum absolute atomic E-state index is 13.4. The maximum atomic E-state index is 13.4. The lowest BCUT2D eigenvalue weighted by Crippen LogP contribution is -2.49. The third-order valence-corrected chi connectivity index (χ3v) is 9.36. The molecule has 1 fully saturated rings. The molecule has 4 aromatic rings. The van der Waals surface area contributed by atoms with Crippen molar-refractivity contribution in [1.82, 2.24) is 19.8 Å². The number of primary sulfonamides is 1. The predicted molar refractivity (Wildman–Crippen MR) is 171 cm³/mol. The normalized spacial score (nSPS) is 13.7. The predicted octanol–water partition coefficient (Wildman–Crippen LogP) is 2.23. The minimum absolute atomic E-state index is 0.0245. The second-order valence-electron chi connectivity index (χ2n) is 10.4. The van der Waals surface area contributed by atoms with Crippen molar-refractivity contribution in [2.45, 2.75) is 29.4 Å². The highest BCUT2D eigenvalue weighted by Gasteiger charge is 2.22. The summed E-state index contributed by atoms with van der Waals surface area (Å²) >= 11 is 1.15. The van der Waals surface area contributed by atoms with E-state index in [1.165, 1.54) is 16.7 Å². The van der Waals surface area contributed by atoms with Gasteiger partial charge < -0.3 is 15.1 Å². The number of amides is 2. The summed E-state index contributed by atoms with van der Waals surface area (Å²) in [5.41, 5.74) is 2.27. The van der Waals surface area contributed by atoms with Crippen molar-refractivity contribution in [3.8, 4) is 0 Å². The van der Waals surface area contributed by atoms with Gasteiger partial charge in [0.05, 0.1) is 21.6 Å². The zero-order valence-electron chi connectivity index (χ0n) is 24.1. The van der Waals surface area contributed by atoms with E-state index in [1.54, 1.807) is 36.4 Å². The van der Waals surface area contributed by atoms with E-state index in [9.17, 15) is 22.8 Å². The molecule has 3 aromatic carbocycles. The second kappa shape index (κ2) is 14.1. The molecule has 1 aliphatic heterocycles. The molecule has 5 rings (SSSR count). The first kappa shape index (κ1) is 31.2. The lowest BCUT2D eigenvalue weighted by molar-refractivity contribution is -0.131. The summed E-state index contributed by atoms with van der Waals surface area (Å²) in [4.78, 5) is 48.0. The molecule has 0 spiro atoms. The van der Waals surface area contributed by atoms with Gasteiger partial charge in [0, 0.05) is 51.4 Å².